The molecule has 0 aliphatic heterocycles. The summed E-state index contributed by atoms with van der Waals surface area (Å²) in [5, 5.41) is 0. The Balaban J connectivity index is 4.02. The minimum absolute atomic E-state index is 0.356. The lowest BCUT2D eigenvalue weighted by molar-refractivity contribution is -0.127. The van der Waals surface area contributed by atoms with Crippen LogP contribution in [0.15, 0.2) is 12.7 Å². The maximum absolute atomic E-state index is 11.9. The molecule has 12 heavy (non-hydrogen) atoms. The zero-order chi connectivity index (χ0) is 9.56. The average molecular weight is 177 g/mol. The van der Waals surface area contributed by atoms with Gasteiger partial charge in [0.25, 0.3) is 6.43 Å². The Hall–Kier alpha value is -0.930. The molecule has 0 aromatic carbocycles. The number of alkyl halides is 2. The van der Waals surface area contributed by atoms with Gasteiger partial charge in [0.1, 0.15) is 0 Å². The molecule has 0 aliphatic rings. The van der Waals surface area contributed by atoms with Crippen molar-refractivity contribution in [1.29, 1.82) is 0 Å². The van der Waals surface area contributed by atoms with Crippen LogP contribution in [-0.2, 0) is 4.79 Å². The molecule has 1 amide bonds. The molecule has 0 spiro atoms. The van der Waals surface area contributed by atoms with Gasteiger partial charge in [0, 0.05) is 6.54 Å². The Morgan fingerprint density at radius 3 is 2.58 bits per heavy atom. The number of hydrogen-bond donors (Lipinski definition) is 0. The van der Waals surface area contributed by atoms with Crippen LogP contribution in [0.3, 0.4) is 0 Å². The Labute approximate surface area is 70.9 Å². The fourth-order valence-electron chi connectivity index (χ4n) is 0.857. The van der Waals surface area contributed by atoms with Gasteiger partial charge in [-0.1, -0.05) is 13.5 Å². The molecule has 0 N–H and O–H groups in total. The number of halogens is 2. The maximum Gasteiger partial charge on any atom is 0.255 e. The number of carbonyl (C=O) groups excluding carboxylic acids is 1. The van der Waals surface area contributed by atoms with E-state index in [2.05, 4.69) is 6.58 Å². The summed E-state index contributed by atoms with van der Waals surface area (Å²) in [7, 11) is 0. The van der Waals surface area contributed by atoms with Crippen molar-refractivity contribution in [2.75, 3.05) is 13.1 Å². The quantitative estimate of drug-likeness (QED) is 0.585. The van der Waals surface area contributed by atoms with Crippen molar-refractivity contribution in [3.05, 3.63) is 12.7 Å². The van der Waals surface area contributed by atoms with E-state index in [-0.39, 0.29) is 0 Å². The molecule has 2 nitrogen and oxygen atoms in total. The first-order chi connectivity index (χ1) is 5.61. The van der Waals surface area contributed by atoms with E-state index in [0.29, 0.717) is 13.0 Å². The van der Waals surface area contributed by atoms with Gasteiger partial charge in [0.2, 0.25) is 5.91 Å². The molecule has 0 aromatic heterocycles. The van der Waals surface area contributed by atoms with E-state index in [4.69, 9.17) is 0 Å². The van der Waals surface area contributed by atoms with Crippen molar-refractivity contribution in [2.24, 2.45) is 0 Å². The third-order valence-electron chi connectivity index (χ3n) is 1.34. The van der Waals surface area contributed by atoms with E-state index < -0.39 is 18.9 Å². The first kappa shape index (κ1) is 11.1. The molecule has 0 unspecified atom stereocenters. The third-order valence-corrected chi connectivity index (χ3v) is 1.34. The van der Waals surface area contributed by atoms with Gasteiger partial charge in [0.15, 0.2) is 0 Å². The number of carbonyl (C=O) groups is 1. The molecular formula is C8H13F2NO. The molecule has 0 bridgehead atoms. The number of rotatable bonds is 5. The topological polar surface area (TPSA) is 20.3 Å². The summed E-state index contributed by atoms with van der Waals surface area (Å²) in [6, 6.07) is 0. The highest BCUT2D eigenvalue weighted by molar-refractivity contribution is 5.86. The predicted molar refractivity (Wildman–Crippen MR) is 43.1 cm³/mol. The van der Waals surface area contributed by atoms with E-state index in [1.807, 2.05) is 6.92 Å². The Morgan fingerprint density at radius 1 is 1.67 bits per heavy atom. The van der Waals surface area contributed by atoms with Crippen LogP contribution in [0.2, 0.25) is 0 Å². The zero-order valence-electron chi connectivity index (χ0n) is 7.09. The summed E-state index contributed by atoms with van der Waals surface area (Å²) in [6.07, 6.45) is -0.745. The molecular weight excluding hydrogens is 164 g/mol. The fourth-order valence-corrected chi connectivity index (χ4v) is 0.857. The Bertz CT molecular complexity index is 159. The van der Waals surface area contributed by atoms with Gasteiger partial charge >= 0.3 is 0 Å². The standard InChI is InChI=1S/C8H13F2NO/c1-3-5-11(6-7(9)10)8(12)4-2/h4,7H,2-3,5-6H2,1H3. The normalized spacial score (nSPS) is 10.0. The van der Waals surface area contributed by atoms with Crippen LogP contribution in [0.4, 0.5) is 8.78 Å². The molecule has 0 heterocycles. The van der Waals surface area contributed by atoms with Gasteiger partial charge in [-0.15, -0.1) is 0 Å². The highest BCUT2D eigenvalue weighted by atomic mass is 19.3. The van der Waals surface area contributed by atoms with Crippen molar-refractivity contribution in [3.63, 3.8) is 0 Å². The van der Waals surface area contributed by atoms with Crippen LogP contribution >= 0.6 is 0 Å². The van der Waals surface area contributed by atoms with E-state index in [1.54, 1.807) is 0 Å². The van der Waals surface area contributed by atoms with Crippen molar-refractivity contribution >= 4 is 5.91 Å². The third kappa shape index (κ3) is 4.05. The zero-order valence-corrected chi connectivity index (χ0v) is 7.09. The summed E-state index contributed by atoms with van der Waals surface area (Å²) >= 11 is 0. The SMILES string of the molecule is C=CC(=O)N(CCC)CC(F)F. The van der Waals surface area contributed by atoms with Crippen LogP contribution in [0.1, 0.15) is 13.3 Å². The van der Waals surface area contributed by atoms with Gasteiger partial charge in [0.05, 0.1) is 6.54 Å². The molecule has 0 rings (SSSR count). The predicted octanol–water partition coefficient (Wildman–Crippen LogP) is 1.68. The summed E-state index contributed by atoms with van der Waals surface area (Å²) in [5.41, 5.74) is 0. The van der Waals surface area contributed by atoms with Gasteiger partial charge in [-0.3, -0.25) is 4.79 Å². The molecule has 0 aromatic rings. The van der Waals surface area contributed by atoms with E-state index in [0.717, 1.165) is 11.0 Å². The van der Waals surface area contributed by atoms with Gasteiger partial charge < -0.3 is 4.90 Å². The second kappa shape index (κ2) is 5.69. The first-order valence-electron chi connectivity index (χ1n) is 3.81. The average Bonchev–Trinajstić information content (AvgIpc) is 2.01. The van der Waals surface area contributed by atoms with Crippen molar-refractivity contribution in [2.45, 2.75) is 19.8 Å². The lowest BCUT2D eigenvalue weighted by atomic mass is 10.4. The fraction of sp³-hybridized carbons (Fsp3) is 0.625. The maximum atomic E-state index is 11.9. The Morgan fingerprint density at radius 2 is 2.25 bits per heavy atom. The van der Waals surface area contributed by atoms with Crippen LogP contribution in [0, 0.1) is 0 Å². The lowest BCUT2D eigenvalue weighted by Crippen LogP contribution is -2.34. The van der Waals surface area contributed by atoms with Crippen molar-refractivity contribution < 1.29 is 13.6 Å². The summed E-state index contributed by atoms with van der Waals surface area (Å²) in [6.45, 7) is 4.92. The molecule has 0 saturated heterocycles. The summed E-state index contributed by atoms with van der Waals surface area (Å²) in [4.78, 5) is 12.0. The second-order valence-corrected chi connectivity index (χ2v) is 2.38. The highest BCUT2D eigenvalue weighted by Crippen LogP contribution is 2.00. The van der Waals surface area contributed by atoms with Gasteiger partial charge in [-0.25, -0.2) is 8.78 Å². The summed E-state index contributed by atoms with van der Waals surface area (Å²) < 4.78 is 23.8. The minimum Gasteiger partial charge on any atom is -0.333 e. The summed E-state index contributed by atoms with van der Waals surface area (Å²) in [5.74, 6) is -0.433. The second-order valence-electron chi connectivity index (χ2n) is 2.38. The first-order valence-corrected chi connectivity index (χ1v) is 3.81. The van der Waals surface area contributed by atoms with Crippen LogP contribution in [-0.4, -0.2) is 30.3 Å². The van der Waals surface area contributed by atoms with E-state index in [9.17, 15) is 13.6 Å². The number of amides is 1. The van der Waals surface area contributed by atoms with Gasteiger partial charge in [-0.05, 0) is 12.5 Å². The van der Waals surface area contributed by atoms with Crippen molar-refractivity contribution in [1.82, 2.24) is 4.90 Å². The molecule has 0 atom stereocenters. The minimum atomic E-state index is -2.47. The van der Waals surface area contributed by atoms with Gasteiger partial charge in [-0.2, -0.15) is 0 Å². The monoisotopic (exact) mass is 177 g/mol. The molecule has 0 aliphatic carbocycles. The number of hydrogen-bond acceptors (Lipinski definition) is 1. The molecule has 4 heteroatoms. The number of nitrogens with zero attached hydrogens (tertiary/aromatic N) is 1. The van der Waals surface area contributed by atoms with Crippen LogP contribution < -0.4 is 0 Å². The molecule has 70 valence electrons. The lowest BCUT2D eigenvalue weighted by Gasteiger charge is -2.19. The Kier molecular flexibility index (Phi) is 5.25. The highest BCUT2D eigenvalue weighted by Gasteiger charge is 2.14. The van der Waals surface area contributed by atoms with E-state index >= 15 is 0 Å². The smallest absolute Gasteiger partial charge is 0.255 e. The molecule has 0 saturated carbocycles. The molecule has 0 radical (unpaired) electrons. The molecule has 0 fully saturated rings. The van der Waals surface area contributed by atoms with E-state index in [1.165, 1.54) is 0 Å². The van der Waals surface area contributed by atoms with Crippen LogP contribution in [0.5, 0.6) is 0 Å². The largest absolute Gasteiger partial charge is 0.333 e. The van der Waals surface area contributed by atoms with Crippen molar-refractivity contribution in [3.8, 4) is 0 Å². The van der Waals surface area contributed by atoms with Crippen LogP contribution in [0.25, 0.3) is 0 Å².